The number of aromatic nitrogens is 2. The van der Waals surface area contributed by atoms with Gasteiger partial charge in [-0.3, -0.25) is 5.32 Å². The number of nitrogens with two attached hydrogens (primary N) is 1. The number of anilines is 1. The Balaban J connectivity index is 1.39. The second-order valence-corrected chi connectivity index (χ2v) is 7.83. The summed E-state index contributed by atoms with van der Waals surface area (Å²) in [5.74, 6) is 1.91. The molecule has 3 aromatic rings. The van der Waals surface area contributed by atoms with Crippen LogP contribution in [0.2, 0.25) is 0 Å². The van der Waals surface area contributed by atoms with Crippen molar-refractivity contribution in [3.8, 4) is 11.3 Å². The molecule has 1 aromatic carbocycles. The summed E-state index contributed by atoms with van der Waals surface area (Å²) in [6, 6.07) is 8.52. The minimum Gasteiger partial charge on any atom is -0.441 e. The van der Waals surface area contributed by atoms with Crippen LogP contribution >= 0.6 is 0 Å². The molecule has 2 saturated heterocycles. The minimum atomic E-state index is -0.0757. The number of amides is 2. The van der Waals surface area contributed by atoms with Gasteiger partial charge < -0.3 is 15.1 Å². The second-order valence-electron chi connectivity index (χ2n) is 7.83. The number of nitrogens with zero attached hydrogens (tertiary/aromatic N) is 3. The predicted molar refractivity (Wildman–Crippen MR) is 107 cm³/mol. The second kappa shape index (κ2) is 6.60. The molecule has 144 valence electrons. The highest BCUT2D eigenvalue weighted by molar-refractivity contribution is 5.93. The lowest BCUT2D eigenvalue weighted by Gasteiger charge is -2.37. The van der Waals surface area contributed by atoms with Gasteiger partial charge in [-0.2, -0.15) is 0 Å². The van der Waals surface area contributed by atoms with Crippen molar-refractivity contribution < 1.29 is 9.21 Å². The highest BCUT2D eigenvalue weighted by atomic mass is 16.4. The Kier molecular flexibility index (Phi) is 4.05. The number of oxazole rings is 1. The molecule has 0 spiro atoms. The van der Waals surface area contributed by atoms with Crippen molar-refractivity contribution in [3.05, 3.63) is 42.5 Å². The van der Waals surface area contributed by atoms with Crippen LogP contribution in [0.4, 0.5) is 10.6 Å². The molecule has 3 N–H and O–H groups in total. The number of hydrogen-bond acceptors (Lipinski definition) is 5. The molecule has 0 radical (unpaired) electrons. The van der Waals surface area contributed by atoms with Crippen LogP contribution in [0.1, 0.15) is 31.6 Å². The normalized spacial score (nSPS) is 23.9. The number of pyridine rings is 1. The average Bonchev–Trinajstić information content (AvgIpc) is 3.22. The monoisotopic (exact) mass is 377 g/mol. The zero-order chi connectivity index (χ0) is 19.3. The first-order valence-corrected chi connectivity index (χ1v) is 9.74. The van der Waals surface area contributed by atoms with Crippen molar-refractivity contribution in [2.24, 2.45) is 5.73 Å². The Labute approximate surface area is 162 Å². The van der Waals surface area contributed by atoms with Gasteiger partial charge in [0.05, 0.1) is 6.20 Å². The van der Waals surface area contributed by atoms with Gasteiger partial charge in [0.25, 0.3) is 0 Å². The summed E-state index contributed by atoms with van der Waals surface area (Å²) in [5.41, 5.74) is 7.06. The molecule has 3 atom stereocenters. The number of hydrogen-bond donors (Lipinski definition) is 2. The van der Waals surface area contributed by atoms with E-state index in [0.29, 0.717) is 11.7 Å². The van der Waals surface area contributed by atoms with Crippen molar-refractivity contribution in [1.82, 2.24) is 14.9 Å². The van der Waals surface area contributed by atoms with Crippen molar-refractivity contribution >= 4 is 22.6 Å². The third-order valence-corrected chi connectivity index (χ3v) is 5.87. The topological polar surface area (TPSA) is 97.3 Å². The van der Waals surface area contributed by atoms with Gasteiger partial charge in [-0.1, -0.05) is 12.1 Å². The third kappa shape index (κ3) is 3.01. The largest absolute Gasteiger partial charge is 0.441 e. The summed E-state index contributed by atoms with van der Waals surface area (Å²) in [6.07, 6.45) is 7.34. The number of piperidine rings is 1. The summed E-state index contributed by atoms with van der Waals surface area (Å²) in [6.45, 7) is 1.82. The fourth-order valence-corrected chi connectivity index (χ4v) is 4.58. The van der Waals surface area contributed by atoms with Gasteiger partial charge in [-0.25, -0.2) is 14.8 Å². The number of aryl methyl sites for hydroxylation is 1. The molecule has 2 aliphatic rings. The van der Waals surface area contributed by atoms with E-state index in [1.54, 1.807) is 12.4 Å². The Morgan fingerprint density at radius 1 is 1.14 bits per heavy atom. The molecular formula is C21H23N5O2. The van der Waals surface area contributed by atoms with Crippen molar-refractivity contribution in [1.29, 1.82) is 0 Å². The van der Waals surface area contributed by atoms with Crippen LogP contribution in [0.15, 0.2) is 41.1 Å². The van der Waals surface area contributed by atoms with E-state index in [-0.39, 0.29) is 24.2 Å². The summed E-state index contributed by atoms with van der Waals surface area (Å²) in [7, 11) is 0. The van der Waals surface area contributed by atoms with Gasteiger partial charge in [-0.15, -0.1) is 0 Å². The fourth-order valence-electron chi connectivity index (χ4n) is 4.58. The van der Waals surface area contributed by atoms with E-state index in [4.69, 9.17) is 10.2 Å². The van der Waals surface area contributed by atoms with Crippen LogP contribution in [0, 0.1) is 6.92 Å². The molecule has 0 saturated carbocycles. The van der Waals surface area contributed by atoms with Crippen LogP contribution in [0.3, 0.4) is 0 Å². The van der Waals surface area contributed by atoms with Crippen molar-refractivity contribution in [2.75, 3.05) is 5.32 Å². The number of carbonyl (C=O) groups excluding carboxylic acids is 1. The van der Waals surface area contributed by atoms with Crippen LogP contribution < -0.4 is 11.1 Å². The standard InChI is InChI=1S/C21H23N5O2/c1-12-23-11-19(28-12)13-2-3-14-10-24-20(7-15(14)6-13)25-21(27)26-17-4-5-18(26)9-16(22)8-17/h2-3,6-7,10-11,16-18H,4-5,8-9,22H2,1H3,(H,24,25,27)/t16-,17+,18?/m1/s1. The molecule has 7 nitrogen and oxygen atoms in total. The minimum absolute atomic E-state index is 0.0757. The molecule has 4 heterocycles. The lowest BCUT2D eigenvalue weighted by molar-refractivity contribution is 0.150. The van der Waals surface area contributed by atoms with Gasteiger partial charge in [0.2, 0.25) is 0 Å². The van der Waals surface area contributed by atoms with E-state index in [0.717, 1.165) is 47.8 Å². The maximum Gasteiger partial charge on any atom is 0.323 e. The Morgan fingerprint density at radius 3 is 2.64 bits per heavy atom. The van der Waals surface area contributed by atoms with E-state index in [1.807, 2.05) is 36.1 Å². The zero-order valence-corrected chi connectivity index (χ0v) is 15.8. The smallest absolute Gasteiger partial charge is 0.323 e. The van der Waals surface area contributed by atoms with Gasteiger partial charge in [0, 0.05) is 42.2 Å². The average molecular weight is 377 g/mol. The maximum absolute atomic E-state index is 12.9. The Morgan fingerprint density at radius 2 is 1.93 bits per heavy atom. The molecular weight excluding hydrogens is 354 g/mol. The number of urea groups is 1. The maximum atomic E-state index is 12.9. The molecule has 5 rings (SSSR count). The highest BCUT2D eigenvalue weighted by Crippen LogP contribution is 2.35. The van der Waals surface area contributed by atoms with E-state index in [1.165, 1.54) is 0 Å². The summed E-state index contributed by atoms with van der Waals surface area (Å²) < 4.78 is 5.62. The van der Waals surface area contributed by atoms with E-state index < -0.39 is 0 Å². The summed E-state index contributed by atoms with van der Waals surface area (Å²) >= 11 is 0. The predicted octanol–water partition coefficient (Wildman–Crippen LogP) is 3.68. The SMILES string of the molecule is Cc1ncc(-c2ccc3cnc(NC(=O)N4C5CC[C@H]4C[C@@H](N)C5)cc3c2)o1. The fraction of sp³-hybridized carbons (Fsp3) is 0.381. The van der Waals surface area contributed by atoms with Crippen LogP contribution in [-0.4, -0.2) is 39.0 Å². The van der Waals surface area contributed by atoms with Gasteiger partial charge in [0.1, 0.15) is 5.82 Å². The summed E-state index contributed by atoms with van der Waals surface area (Å²) in [4.78, 5) is 23.4. The first-order valence-electron chi connectivity index (χ1n) is 9.74. The molecule has 2 fully saturated rings. The van der Waals surface area contributed by atoms with Gasteiger partial charge in [-0.05, 0) is 43.2 Å². The molecule has 0 aliphatic carbocycles. The first kappa shape index (κ1) is 17.2. The lowest BCUT2D eigenvalue weighted by atomic mass is 9.99. The van der Waals surface area contributed by atoms with E-state index in [2.05, 4.69) is 15.3 Å². The van der Waals surface area contributed by atoms with Crippen LogP contribution in [-0.2, 0) is 0 Å². The molecule has 7 heteroatoms. The van der Waals surface area contributed by atoms with Gasteiger partial charge in [0.15, 0.2) is 11.7 Å². The van der Waals surface area contributed by atoms with Crippen molar-refractivity contribution in [3.63, 3.8) is 0 Å². The molecule has 2 aromatic heterocycles. The molecule has 28 heavy (non-hydrogen) atoms. The Bertz CT molecular complexity index is 1030. The first-order chi connectivity index (χ1) is 13.6. The van der Waals surface area contributed by atoms with Crippen molar-refractivity contribution in [2.45, 2.75) is 50.7 Å². The molecule has 2 amide bonds. The van der Waals surface area contributed by atoms with Crippen LogP contribution in [0.5, 0.6) is 0 Å². The highest BCUT2D eigenvalue weighted by Gasteiger charge is 2.42. The van der Waals surface area contributed by atoms with Crippen LogP contribution in [0.25, 0.3) is 22.1 Å². The van der Waals surface area contributed by atoms with Gasteiger partial charge >= 0.3 is 6.03 Å². The number of benzene rings is 1. The zero-order valence-electron chi connectivity index (χ0n) is 15.8. The Hall–Kier alpha value is -2.93. The van der Waals surface area contributed by atoms with E-state index >= 15 is 0 Å². The third-order valence-electron chi connectivity index (χ3n) is 5.87. The molecule has 1 unspecified atom stereocenters. The number of rotatable bonds is 2. The number of nitrogens with one attached hydrogen (secondary N) is 1. The number of carbonyl (C=O) groups is 1. The quantitative estimate of drug-likeness (QED) is 0.710. The number of fused-ring (bicyclic) bond motifs is 3. The van der Waals surface area contributed by atoms with E-state index in [9.17, 15) is 4.79 Å². The molecule has 2 bridgehead atoms. The lowest BCUT2D eigenvalue weighted by Crippen LogP contribution is -2.51. The molecule has 2 aliphatic heterocycles. The summed E-state index contributed by atoms with van der Waals surface area (Å²) in [5, 5.41) is 4.97.